The molecule has 0 radical (unpaired) electrons. The highest BCUT2D eigenvalue weighted by atomic mass is 16.5. The molecule has 0 aromatic carbocycles. The molecule has 0 aromatic heterocycles. The van der Waals surface area contributed by atoms with Crippen molar-refractivity contribution in [3.05, 3.63) is 97.2 Å². The highest BCUT2D eigenvalue weighted by Gasteiger charge is 2.23. The second-order valence-corrected chi connectivity index (χ2v) is 15.9. The Bertz CT molecular complexity index is 1190. The van der Waals surface area contributed by atoms with Crippen LogP contribution in [0.3, 0.4) is 0 Å². The lowest BCUT2D eigenvalue weighted by Crippen LogP contribution is -2.46. The Morgan fingerprint density at radius 3 is 1.58 bits per heavy atom. The molecule has 0 aliphatic rings. The number of unbranched alkanes of at least 4 members (excludes halogenated alkanes) is 18. The zero-order valence-electron chi connectivity index (χ0n) is 38.1. The number of nitrogens with one attached hydrogen (secondary N) is 1. The molecule has 6 heteroatoms. The molecule has 0 saturated heterocycles. The maximum absolute atomic E-state index is 13.1. The molecule has 0 spiro atoms. The van der Waals surface area contributed by atoms with Crippen molar-refractivity contribution in [2.45, 2.75) is 219 Å². The van der Waals surface area contributed by atoms with Crippen molar-refractivity contribution in [2.75, 3.05) is 6.61 Å². The fourth-order valence-electron chi connectivity index (χ4n) is 6.70. The molecular formula is C53H89NO5. The van der Waals surface area contributed by atoms with Crippen LogP contribution in [0.25, 0.3) is 0 Å². The van der Waals surface area contributed by atoms with Gasteiger partial charge in [-0.15, -0.1) is 0 Å². The molecule has 3 unspecified atom stereocenters. The fraction of sp³-hybridized carbons (Fsp3) is 0.660. The number of rotatable bonds is 41. The Hall–Kier alpha value is -3.22. The highest BCUT2D eigenvalue weighted by molar-refractivity contribution is 5.77. The predicted octanol–water partition coefficient (Wildman–Crippen LogP) is 14.2. The third kappa shape index (κ3) is 41.3. The van der Waals surface area contributed by atoms with Crippen LogP contribution in [0.2, 0.25) is 0 Å². The van der Waals surface area contributed by atoms with Crippen LogP contribution in [0.1, 0.15) is 201 Å². The molecule has 0 aliphatic carbocycles. The molecule has 336 valence electrons. The summed E-state index contributed by atoms with van der Waals surface area (Å²) in [5.41, 5.74) is 0. The first-order chi connectivity index (χ1) is 29.0. The van der Waals surface area contributed by atoms with Gasteiger partial charge in [0.2, 0.25) is 5.91 Å². The summed E-state index contributed by atoms with van der Waals surface area (Å²) in [5, 5.41) is 23.6. The Balaban J connectivity index is 4.70. The number of carbonyl (C=O) groups is 2. The van der Waals surface area contributed by atoms with Crippen molar-refractivity contribution in [3.63, 3.8) is 0 Å². The minimum atomic E-state index is -0.826. The minimum Gasteiger partial charge on any atom is -0.461 e. The van der Waals surface area contributed by atoms with E-state index in [4.69, 9.17) is 4.74 Å². The molecular weight excluding hydrogens is 731 g/mol. The maximum Gasteiger partial charge on any atom is 0.306 e. The quantitative estimate of drug-likeness (QED) is 0.0247. The molecule has 0 bridgehead atoms. The van der Waals surface area contributed by atoms with Gasteiger partial charge in [-0.05, 0) is 51.4 Å². The van der Waals surface area contributed by atoms with Crippen LogP contribution in [0, 0.1) is 0 Å². The van der Waals surface area contributed by atoms with Gasteiger partial charge in [0.1, 0.15) is 6.10 Å². The Labute approximate surface area is 363 Å². The predicted molar refractivity (Wildman–Crippen MR) is 254 cm³/mol. The van der Waals surface area contributed by atoms with Gasteiger partial charge in [-0.25, -0.2) is 0 Å². The van der Waals surface area contributed by atoms with E-state index in [1.165, 1.54) is 77.0 Å². The fourth-order valence-corrected chi connectivity index (χ4v) is 6.70. The van der Waals surface area contributed by atoms with Crippen molar-refractivity contribution in [1.29, 1.82) is 0 Å². The van der Waals surface area contributed by atoms with Gasteiger partial charge in [-0.3, -0.25) is 9.59 Å². The van der Waals surface area contributed by atoms with Crippen molar-refractivity contribution >= 4 is 11.9 Å². The van der Waals surface area contributed by atoms with Gasteiger partial charge in [0.15, 0.2) is 0 Å². The summed E-state index contributed by atoms with van der Waals surface area (Å²) in [4.78, 5) is 26.0. The Morgan fingerprint density at radius 1 is 0.542 bits per heavy atom. The van der Waals surface area contributed by atoms with Crippen molar-refractivity contribution < 1.29 is 24.5 Å². The van der Waals surface area contributed by atoms with Crippen LogP contribution in [0.15, 0.2) is 97.2 Å². The zero-order valence-corrected chi connectivity index (χ0v) is 38.1. The van der Waals surface area contributed by atoms with Gasteiger partial charge < -0.3 is 20.3 Å². The molecule has 3 atom stereocenters. The number of esters is 1. The van der Waals surface area contributed by atoms with Crippen LogP contribution < -0.4 is 5.32 Å². The average molecular weight is 820 g/mol. The van der Waals surface area contributed by atoms with Crippen molar-refractivity contribution in [2.24, 2.45) is 0 Å². The number of carbonyl (C=O) groups excluding carboxylic acids is 2. The summed E-state index contributed by atoms with van der Waals surface area (Å²) < 4.78 is 5.81. The number of aliphatic hydroxyl groups excluding tert-OH is 2. The normalized spacial score (nSPS) is 14.2. The average Bonchev–Trinajstić information content (AvgIpc) is 3.23. The molecule has 3 N–H and O–H groups in total. The van der Waals surface area contributed by atoms with Crippen LogP contribution in [0.5, 0.6) is 0 Å². The molecule has 6 nitrogen and oxygen atoms in total. The summed E-state index contributed by atoms with van der Waals surface area (Å²) in [6, 6.07) is -0.749. The zero-order chi connectivity index (χ0) is 43.1. The second-order valence-electron chi connectivity index (χ2n) is 15.9. The lowest BCUT2D eigenvalue weighted by molar-refractivity contribution is -0.150. The first-order valence-corrected chi connectivity index (χ1v) is 24.0. The second kappa shape index (κ2) is 45.9. The van der Waals surface area contributed by atoms with Crippen LogP contribution >= 0.6 is 0 Å². The van der Waals surface area contributed by atoms with Gasteiger partial charge in [0, 0.05) is 12.8 Å². The minimum absolute atomic E-state index is 0.0328. The standard InChI is InChI=1S/C53H89NO5/c1-4-7-10-13-16-19-22-24-26-27-30-33-36-39-42-45-51(56)50(48-55)54-52(57)47-49(44-41-38-35-32-29-21-18-15-12-9-6-3)59-53(58)46-43-40-37-34-31-28-25-23-20-17-14-11-8-5-2/h8-9,11-12,15,17-18,20-21,25,28-29,32,35,38,41,49-51,55-56H,4-7,10,13-14,16,19,22-24,26-27,30-31,33-34,36-37,39-40,42-48H2,1-3H3,(H,54,57)/b11-8+,12-9+,18-15+,20-17+,28-25+,29-21-,35-32-,41-38+. The molecule has 0 saturated carbocycles. The van der Waals surface area contributed by atoms with Gasteiger partial charge in [0.05, 0.1) is 25.2 Å². The van der Waals surface area contributed by atoms with E-state index in [0.717, 1.165) is 77.0 Å². The van der Waals surface area contributed by atoms with E-state index in [0.29, 0.717) is 19.3 Å². The van der Waals surface area contributed by atoms with Gasteiger partial charge in [-0.2, -0.15) is 0 Å². The van der Waals surface area contributed by atoms with Gasteiger partial charge >= 0.3 is 5.97 Å². The van der Waals surface area contributed by atoms with Crippen molar-refractivity contribution in [3.8, 4) is 0 Å². The van der Waals surface area contributed by atoms with Crippen LogP contribution in [-0.4, -0.2) is 46.9 Å². The lowest BCUT2D eigenvalue weighted by Gasteiger charge is -2.24. The summed E-state index contributed by atoms with van der Waals surface area (Å²) in [7, 11) is 0. The molecule has 59 heavy (non-hydrogen) atoms. The smallest absolute Gasteiger partial charge is 0.306 e. The monoisotopic (exact) mass is 820 g/mol. The molecule has 0 aromatic rings. The third-order valence-electron chi connectivity index (χ3n) is 10.3. The Morgan fingerprint density at radius 2 is 1.02 bits per heavy atom. The number of hydrogen-bond donors (Lipinski definition) is 3. The van der Waals surface area contributed by atoms with Gasteiger partial charge in [0.25, 0.3) is 0 Å². The SMILES string of the molecule is CC/C=C/C=C/C=C\C=C/C=C/CC(CC(=O)NC(CO)C(O)CCCCCCCCCCCCCCCCC)OC(=O)CCCCCC/C=C/C/C=C/C/C=C/CC. The van der Waals surface area contributed by atoms with E-state index in [1.54, 1.807) is 0 Å². The lowest BCUT2D eigenvalue weighted by atomic mass is 10.0. The number of amides is 1. The van der Waals surface area contributed by atoms with E-state index in [-0.39, 0.29) is 24.9 Å². The Kier molecular flexibility index (Phi) is 43.4. The third-order valence-corrected chi connectivity index (χ3v) is 10.3. The number of aliphatic hydroxyl groups is 2. The van der Waals surface area contributed by atoms with E-state index in [9.17, 15) is 19.8 Å². The number of ether oxygens (including phenoxy) is 1. The first kappa shape index (κ1) is 55.8. The number of allylic oxidation sites excluding steroid dienone is 15. The number of hydrogen-bond acceptors (Lipinski definition) is 5. The summed E-state index contributed by atoms with van der Waals surface area (Å²) in [6.45, 7) is 6.17. The van der Waals surface area contributed by atoms with Crippen molar-refractivity contribution in [1.82, 2.24) is 5.32 Å². The summed E-state index contributed by atoms with van der Waals surface area (Å²) in [6.07, 6.45) is 60.6. The molecule has 0 aliphatic heterocycles. The molecule has 0 fully saturated rings. The van der Waals surface area contributed by atoms with Crippen LogP contribution in [-0.2, 0) is 14.3 Å². The van der Waals surface area contributed by atoms with Crippen LogP contribution in [0.4, 0.5) is 0 Å². The molecule has 0 heterocycles. The molecule has 0 rings (SSSR count). The summed E-state index contributed by atoms with van der Waals surface area (Å²) in [5.74, 6) is -0.643. The largest absolute Gasteiger partial charge is 0.461 e. The van der Waals surface area contributed by atoms with E-state index in [1.807, 2.05) is 54.7 Å². The maximum atomic E-state index is 13.1. The van der Waals surface area contributed by atoms with E-state index >= 15 is 0 Å². The highest BCUT2D eigenvalue weighted by Crippen LogP contribution is 2.16. The van der Waals surface area contributed by atoms with E-state index in [2.05, 4.69) is 68.6 Å². The summed E-state index contributed by atoms with van der Waals surface area (Å²) >= 11 is 0. The van der Waals surface area contributed by atoms with E-state index < -0.39 is 18.2 Å². The topological polar surface area (TPSA) is 95.9 Å². The first-order valence-electron chi connectivity index (χ1n) is 24.0. The molecule has 1 amide bonds. The van der Waals surface area contributed by atoms with Gasteiger partial charge in [-0.1, -0.05) is 227 Å².